The maximum Gasteiger partial charge on any atom is 0.137 e. The molecule has 1 atom stereocenters. The third-order valence-corrected chi connectivity index (χ3v) is 4.76. The summed E-state index contributed by atoms with van der Waals surface area (Å²) in [5.74, 6) is 0.495. The SMILES string of the molecule is CC1(C)CC/C(=C\c2ccc(Cl)cc2)[C@@H]1Cn1cncn1. The summed E-state index contributed by atoms with van der Waals surface area (Å²) in [7, 11) is 0. The minimum absolute atomic E-state index is 0.296. The van der Waals surface area contributed by atoms with Crippen LogP contribution < -0.4 is 0 Å². The molecule has 2 aromatic rings. The lowest BCUT2D eigenvalue weighted by molar-refractivity contribution is 0.248. The molecule has 0 N–H and O–H groups in total. The van der Waals surface area contributed by atoms with E-state index in [1.165, 1.54) is 17.6 Å². The molecule has 0 aliphatic heterocycles. The van der Waals surface area contributed by atoms with Crippen molar-refractivity contribution in [3.05, 3.63) is 53.1 Å². The normalized spacial score (nSPS) is 22.8. The molecule has 1 aromatic carbocycles. The standard InChI is InChI=1S/C17H20ClN3/c1-17(2)8-7-14(9-13-3-5-15(18)6-4-13)16(17)10-21-12-19-11-20-21/h3-6,9,11-12,16H,7-8,10H2,1-2H3/b14-9+/t16-/m0/s1. The number of hydrogen-bond donors (Lipinski definition) is 0. The number of halogens is 1. The quantitative estimate of drug-likeness (QED) is 0.838. The highest BCUT2D eigenvalue weighted by atomic mass is 35.5. The Kier molecular flexibility index (Phi) is 3.85. The number of benzene rings is 1. The van der Waals surface area contributed by atoms with Gasteiger partial charge < -0.3 is 0 Å². The molecule has 110 valence electrons. The van der Waals surface area contributed by atoms with Gasteiger partial charge in [0, 0.05) is 17.5 Å². The summed E-state index contributed by atoms with van der Waals surface area (Å²) >= 11 is 5.96. The van der Waals surface area contributed by atoms with E-state index in [1.807, 2.05) is 16.8 Å². The molecule has 3 rings (SSSR count). The van der Waals surface area contributed by atoms with Crippen LogP contribution in [0.2, 0.25) is 5.02 Å². The van der Waals surface area contributed by atoms with Crippen LogP contribution in [0, 0.1) is 11.3 Å². The predicted octanol–water partition coefficient (Wildman–Crippen LogP) is 4.45. The fraction of sp³-hybridized carbons (Fsp3) is 0.412. The zero-order valence-corrected chi connectivity index (χ0v) is 13.2. The molecule has 1 aromatic heterocycles. The fourth-order valence-corrected chi connectivity index (χ4v) is 3.27. The molecular weight excluding hydrogens is 282 g/mol. The van der Waals surface area contributed by atoms with E-state index in [9.17, 15) is 0 Å². The number of allylic oxidation sites excluding steroid dienone is 1. The summed E-state index contributed by atoms with van der Waals surface area (Å²) in [6.45, 7) is 5.58. The lowest BCUT2D eigenvalue weighted by Crippen LogP contribution is -2.23. The molecule has 0 amide bonds. The molecule has 1 aliphatic carbocycles. The molecule has 0 saturated heterocycles. The maximum atomic E-state index is 5.96. The van der Waals surface area contributed by atoms with Crippen LogP contribution in [0.5, 0.6) is 0 Å². The van der Waals surface area contributed by atoms with Gasteiger partial charge in [0.2, 0.25) is 0 Å². The Morgan fingerprint density at radius 2 is 2.10 bits per heavy atom. The van der Waals surface area contributed by atoms with Crippen LogP contribution in [-0.4, -0.2) is 14.8 Å². The Labute approximate surface area is 130 Å². The van der Waals surface area contributed by atoms with Crippen molar-refractivity contribution in [2.75, 3.05) is 0 Å². The first-order chi connectivity index (χ1) is 10.0. The van der Waals surface area contributed by atoms with E-state index in [4.69, 9.17) is 11.6 Å². The molecule has 1 aliphatic rings. The number of rotatable bonds is 3. The second kappa shape index (κ2) is 5.64. The van der Waals surface area contributed by atoms with Gasteiger partial charge in [-0.2, -0.15) is 5.10 Å². The summed E-state index contributed by atoms with van der Waals surface area (Å²) in [5, 5.41) is 5.04. The smallest absolute Gasteiger partial charge is 0.137 e. The predicted molar refractivity (Wildman–Crippen MR) is 86.0 cm³/mol. The van der Waals surface area contributed by atoms with Gasteiger partial charge in [-0.15, -0.1) is 0 Å². The van der Waals surface area contributed by atoms with Gasteiger partial charge in [-0.3, -0.25) is 4.68 Å². The number of aromatic nitrogens is 3. The van der Waals surface area contributed by atoms with E-state index in [0.717, 1.165) is 18.0 Å². The first kappa shape index (κ1) is 14.3. The second-order valence-electron chi connectivity index (χ2n) is 6.43. The lowest BCUT2D eigenvalue weighted by atomic mass is 9.80. The highest BCUT2D eigenvalue weighted by molar-refractivity contribution is 6.30. The summed E-state index contributed by atoms with van der Waals surface area (Å²) in [6.07, 6.45) is 8.08. The van der Waals surface area contributed by atoms with E-state index in [2.05, 4.69) is 42.1 Å². The maximum absolute atomic E-state index is 5.96. The fourth-order valence-electron chi connectivity index (χ4n) is 3.14. The van der Waals surface area contributed by atoms with E-state index in [0.29, 0.717) is 11.3 Å². The van der Waals surface area contributed by atoms with Crippen LogP contribution in [0.25, 0.3) is 6.08 Å². The van der Waals surface area contributed by atoms with Gasteiger partial charge in [-0.25, -0.2) is 4.98 Å². The third kappa shape index (κ3) is 3.18. The zero-order chi connectivity index (χ0) is 14.9. The monoisotopic (exact) mass is 301 g/mol. The van der Waals surface area contributed by atoms with Gasteiger partial charge >= 0.3 is 0 Å². The Balaban J connectivity index is 1.87. The van der Waals surface area contributed by atoms with E-state index in [-0.39, 0.29) is 0 Å². The molecule has 4 heteroatoms. The summed E-state index contributed by atoms with van der Waals surface area (Å²) in [4.78, 5) is 4.05. The molecule has 1 saturated carbocycles. The van der Waals surface area contributed by atoms with Crippen LogP contribution in [0.1, 0.15) is 32.3 Å². The van der Waals surface area contributed by atoms with E-state index in [1.54, 1.807) is 12.7 Å². The van der Waals surface area contributed by atoms with Crippen molar-refractivity contribution in [2.45, 2.75) is 33.2 Å². The summed E-state index contributed by atoms with van der Waals surface area (Å²) in [6, 6.07) is 8.04. The van der Waals surface area contributed by atoms with Crippen LogP contribution in [0.4, 0.5) is 0 Å². The van der Waals surface area contributed by atoms with Gasteiger partial charge in [-0.1, -0.05) is 49.2 Å². The highest BCUT2D eigenvalue weighted by Gasteiger charge is 2.38. The van der Waals surface area contributed by atoms with Crippen molar-refractivity contribution in [3.63, 3.8) is 0 Å². The van der Waals surface area contributed by atoms with Gasteiger partial charge in [0.25, 0.3) is 0 Å². The number of nitrogens with zero attached hydrogens (tertiary/aromatic N) is 3. The molecule has 0 bridgehead atoms. The molecule has 1 heterocycles. The summed E-state index contributed by atoms with van der Waals surface area (Å²) < 4.78 is 1.94. The highest BCUT2D eigenvalue weighted by Crippen LogP contribution is 2.47. The Morgan fingerprint density at radius 3 is 2.76 bits per heavy atom. The van der Waals surface area contributed by atoms with Crippen molar-refractivity contribution in [3.8, 4) is 0 Å². The van der Waals surface area contributed by atoms with Crippen LogP contribution in [0.3, 0.4) is 0 Å². The summed E-state index contributed by atoms with van der Waals surface area (Å²) in [5.41, 5.74) is 3.01. The van der Waals surface area contributed by atoms with Gasteiger partial charge in [0.05, 0.1) is 0 Å². The molecule has 0 radical (unpaired) electrons. The Morgan fingerprint density at radius 1 is 1.33 bits per heavy atom. The van der Waals surface area contributed by atoms with Crippen molar-refractivity contribution in [1.82, 2.24) is 14.8 Å². The molecular formula is C17H20ClN3. The van der Waals surface area contributed by atoms with Crippen molar-refractivity contribution >= 4 is 17.7 Å². The largest absolute Gasteiger partial charge is 0.252 e. The van der Waals surface area contributed by atoms with Gasteiger partial charge in [-0.05, 0) is 36.0 Å². The third-order valence-electron chi connectivity index (χ3n) is 4.51. The minimum Gasteiger partial charge on any atom is -0.252 e. The van der Waals surface area contributed by atoms with Crippen molar-refractivity contribution in [1.29, 1.82) is 0 Å². The minimum atomic E-state index is 0.296. The first-order valence-electron chi connectivity index (χ1n) is 7.33. The average molecular weight is 302 g/mol. The van der Waals surface area contributed by atoms with E-state index < -0.39 is 0 Å². The second-order valence-corrected chi connectivity index (χ2v) is 6.87. The van der Waals surface area contributed by atoms with Crippen LogP contribution in [-0.2, 0) is 6.54 Å². The Bertz CT molecular complexity index is 627. The first-order valence-corrected chi connectivity index (χ1v) is 7.71. The molecule has 0 unspecified atom stereocenters. The van der Waals surface area contributed by atoms with Gasteiger partial charge in [0.1, 0.15) is 12.7 Å². The van der Waals surface area contributed by atoms with Crippen molar-refractivity contribution < 1.29 is 0 Å². The van der Waals surface area contributed by atoms with Crippen molar-refractivity contribution in [2.24, 2.45) is 11.3 Å². The topological polar surface area (TPSA) is 30.7 Å². The van der Waals surface area contributed by atoms with E-state index >= 15 is 0 Å². The molecule has 3 nitrogen and oxygen atoms in total. The molecule has 21 heavy (non-hydrogen) atoms. The lowest BCUT2D eigenvalue weighted by Gasteiger charge is -2.27. The zero-order valence-electron chi connectivity index (χ0n) is 12.5. The molecule has 0 spiro atoms. The number of hydrogen-bond acceptors (Lipinski definition) is 2. The molecule has 1 fully saturated rings. The van der Waals surface area contributed by atoms with Gasteiger partial charge in [0.15, 0.2) is 0 Å². The van der Waals surface area contributed by atoms with Crippen LogP contribution >= 0.6 is 11.6 Å². The van der Waals surface area contributed by atoms with Crippen LogP contribution in [0.15, 0.2) is 42.5 Å². The Hall–Kier alpha value is -1.61. The average Bonchev–Trinajstić information content (AvgIpc) is 3.05.